The number of nitrogens with zero attached hydrogens (tertiary/aromatic N) is 2. The van der Waals surface area contributed by atoms with Gasteiger partial charge in [-0.3, -0.25) is 0 Å². The molecule has 0 atom stereocenters. The van der Waals surface area contributed by atoms with Crippen LogP contribution in [0, 0.1) is 6.92 Å². The first kappa shape index (κ1) is 14.1. The van der Waals surface area contributed by atoms with Crippen molar-refractivity contribution >= 4 is 29.3 Å². The normalized spacial score (nSPS) is 10.3. The fraction of sp³-hybridized carbons (Fsp3) is 0.154. The summed E-state index contributed by atoms with van der Waals surface area (Å²) in [7, 11) is 0. The van der Waals surface area contributed by atoms with Gasteiger partial charge in [0.1, 0.15) is 11.4 Å². The zero-order chi connectivity index (χ0) is 14.7. The molecule has 0 unspecified atom stereocenters. The molecule has 0 spiro atoms. The molecule has 0 aliphatic heterocycles. The van der Waals surface area contributed by atoms with Crippen LogP contribution in [0.25, 0.3) is 0 Å². The monoisotopic (exact) mass is 292 g/mol. The molecule has 1 aromatic heterocycles. The minimum atomic E-state index is -1.14. The largest absolute Gasteiger partial charge is 0.477 e. The molecule has 0 radical (unpaired) electrons. The summed E-state index contributed by atoms with van der Waals surface area (Å²) >= 11 is 6.04. The SMILES string of the molecule is Cc1nc(NCc2ccccc2Cl)nc(N)c1C(=O)O. The third-order valence-electron chi connectivity index (χ3n) is 2.73. The first-order chi connectivity index (χ1) is 9.49. The van der Waals surface area contributed by atoms with Gasteiger partial charge in [-0.05, 0) is 18.6 Å². The third kappa shape index (κ3) is 2.97. The van der Waals surface area contributed by atoms with Crippen molar-refractivity contribution in [1.82, 2.24) is 9.97 Å². The predicted octanol–water partition coefficient (Wildman–Crippen LogP) is 2.33. The van der Waals surface area contributed by atoms with Crippen molar-refractivity contribution in [2.24, 2.45) is 0 Å². The first-order valence-electron chi connectivity index (χ1n) is 5.83. The van der Waals surface area contributed by atoms with Gasteiger partial charge in [0.15, 0.2) is 0 Å². The summed E-state index contributed by atoms with van der Waals surface area (Å²) in [4.78, 5) is 19.0. The van der Waals surface area contributed by atoms with Crippen molar-refractivity contribution in [3.63, 3.8) is 0 Å². The molecule has 1 aromatic carbocycles. The molecule has 6 nitrogen and oxygen atoms in total. The summed E-state index contributed by atoms with van der Waals surface area (Å²) in [5.74, 6) is -0.936. The molecule has 4 N–H and O–H groups in total. The van der Waals surface area contributed by atoms with Crippen LogP contribution in [0.2, 0.25) is 5.02 Å². The van der Waals surface area contributed by atoms with Crippen LogP contribution in [-0.4, -0.2) is 21.0 Å². The van der Waals surface area contributed by atoms with Gasteiger partial charge in [-0.1, -0.05) is 29.8 Å². The number of anilines is 2. The van der Waals surface area contributed by atoms with Gasteiger partial charge in [-0.25, -0.2) is 9.78 Å². The number of carboxylic acids is 1. The van der Waals surface area contributed by atoms with Gasteiger partial charge in [-0.2, -0.15) is 4.98 Å². The number of aryl methyl sites for hydroxylation is 1. The number of nitrogens with one attached hydrogen (secondary N) is 1. The number of hydrogen-bond donors (Lipinski definition) is 3. The van der Waals surface area contributed by atoms with Crippen molar-refractivity contribution in [2.75, 3.05) is 11.1 Å². The van der Waals surface area contributed by atoms with Crippen molar-refractivity contribution in [3.05, 3.63) is 46.1 Å². The number of nitrogens with two attached hydrogens (primary N) is 1. The Morgan fingerprint density at radius 2 is 2.10 bits per heavy atom. The maximum absolute atomic E-state index is 11.0. The number of carboxylic acid groups (broad SMARTS) is 1. The molecule has 2 aromatic rings. The van der Waals surface area contributed by atoms with Crippen LogP contribution in [-0.2, 0) is 6.54 Å². The Balaban J connectivity index is 2.19. The van der Waals surface area contributed by atoms with E-state index < -0.39 is 5.97 Å². The summed E-state index contributed by atoms with van der Waals surface area (Å²) < 4.78 is 0. The molecular weight excluding hydrogens is 280 g/mol. The lowest BCUT2D eigenvalue weighted by Gasteiger charge is -2.09. The van der Waals surface area contributed by atoms with E-state index in [0.29, 0.717) is 17.3 Å². The Hall–Kier alpha value is -2.34. The average Bonchev–Trinajstić information content (AvgIpc) is 2.36. The van der Waals surface area contributed by atoms with Crippen LogP contribution in [0.4, 0.5) is 11.8 Å². The van der Waals surface area contributed by atoms with Gasteiger partial charge >= 0.3 is 5.97 Å². The standard InChI is InChI=1S/C13H13ClN4O2/c1-7-10(12(19)20)11(15)18-13(17-7)16-6-8-4-2-3-5-9(8)14/h2-5H,6H2,1H3,(H,19,20)(H3,15,16,17,18). The Morgan fingerprint density at radius 3 is 2.70 bits per heavy atom. The Bertz CT molecular complexity index is 638. The number of aromatic nitrogens is 2. The molecule has 7 heteroatoms. The second-order valence-electron chi connectivity index (χ2n) is 4.14. The van der Waals surface area contributed by atoms with Gasteiger partial charge < -0.3 is 16.2 Å². The summed E-state index contributed by atoms with van der Waals surface area (Å²) in [5.41, 5.74) is 6.75. The quantitative estimate of drug-likeness (QED) is 0.799. The molecule has 0 saturated heterocycles. The van der Waals surface area contributed by atoms with E-state index in [1.807, 2.05) is 18.2 Å². The zero-order valence-corrected chi connectivity index (χ0v) is 11.5. The highest BCUT2D eigenvalue weighted by Gasteiger charge is 2.15. The fourth-order valence-electron chi connectivity index (χ4n) is 1.75. The molecule has 0 aliphatic rings. The van der Waals surface area contributed by atoms with Gasteiger partial charge in [0.25, 0.3) is 0 Å². The minimum Gasteiger partial charge on any atom is -0.477 e. The van der Waals surface area contributed by atoms with E-state index in [0.717, 1.165) is 5.56 Å². The van der Waals surface area contributed by atoms with E-state index in [9.17, 15) is 4.79 Å². The molecule has 0 saturated carbocycles. The lowest BCUT2D eigenvalue weighted by atomic mass is 10.2. The number of nitrogen functional groups attached to an aromatic ring is 1. The van der Waals surface area contributed by atoms with E-state index in [2.05, 4.69) is 15.3 Å². The number of carbonyl (C=O) groups is 1. The highest BCUT2D eigenvalue weighted by Crippen LogP contribution is 2.18. The lowest BCUT2D eigenvalue weighted by molar-refractivity contribution is 0.0696. The number of hydrogen-bond acceptors (Lipinski definition) is 5. The Morgan fingerprint density at radius 1 is 1.40 bits per heavy atom. The van der Waals surface area contributed by atoms with Crippen LogP contribution >= 0.6 is 11.6 Å². The van der Waals surface area contributed by atoms with E-state index in [1.54, 1.807) is 13.0 Å². The Labute approximate surface area is 120 Å². The minimum absolute atomic E-state index is 0.0633. The second kappa shape index (κ2) is 5.75. The number of benzene rings is 1. The summed E-state index contributed by atoms with van der Waals surface area (Å²) in [5, 5.41) is 12.6. The highest BCUT2D eigenvalue weighted by atomic mass is 35.5. The number of halogens is 1. The number of aromatic carboxylic acids is 1. The molecule has 0 fully saturated rings. The van der Waals surface area contributed by atoms with Crippen molar-refractivity contribution in [1.29, 1.82) is 0 Å². The molecule has 20 heavy (non-hydrogen) atoms. The second-order valence-corrected chi connectivity index (χ2v) is 4.55. The van der Waals surface area contributed by atoms with Crippen molar-refractivity contribution < 1.29 is 9.90 Å². The van der Waals surface area contributed by atoms with Gasteiger partial charge in [-0.15, -0.1) is 0 Å². The van der Waals surface area contributed by atoms with Crippen molar-refractivity contribution in [3.8, 4) is 0 Å². The van der Waals surface area contributed by atoms with E-state index in [-0.39, 0.29) is 17.3 Å². The fourth-order valence-corrected chi connectivity index (χ4v) is 1.96. The van der Waals surface area contributed by atoms with E-state index >= 15 is 0 Å². The summed E-state index contributed by atoms with van der Waals surface area (Å²) in [6, 6.07) is 7.37. The smallest absolute Gasteiger partial charge is 0.341 e. The molecule has 0 amide bonds. The molecule has 0 bridgehead atoms. The zero-order valence-electron chi connectivity index (χ0n) is 10.7. The molecule has 2 rings (SSSR count). The number of rotatable bonds is 4. The van der Waals surface area contributed by atoms with Crippen LogP contribution in [0.1, 0.15) is 21.6 Å². The van der Waals surface area contributed by atoms with Gasteiger partial charge in [0.05, 0.1) is 5.69 Å². The maximum atomic E-state index is 11.0. The van der Waals surface area contributed by atoms with E-state index in [4.69, 9.17) is 22.4 Å². The molecular formula is C13H13ClN4O2. The van der Waals surface area contributed by atoms with Gasteiger partial charge in [0.2, 0.25) is 5.95 Å². The van der Waals surface area contributed by atoms with Crippen molar-refractivity contribution in [2.45, 2.75) is 13.5 Å². The summed E-state index contributed by atoms with van der Waals surface area (Å²) in [6.45, 7) is 1.99. The first-order valence-corrected chi connectivity index (χ1v) is 6.21. The molecule has 104 valence electrons. The van der Waals surface area contributed by atoms with E-state index in [1.165, 1.54) is 0 Å². The Kier molecular flexibility index (Phi) is 4.05. The molecule has 0 aliphatic carbocycles. The molecule has 1 heterocycles. The van der Waals surface area contributed by atoms with Gasteiger partial charge in [0, 0.05) is 11.6 Å². The third-order valence-corrected chi connectivity index (χ3v) is 3.10. The topological polar surface area (TPSA) is 101 Å². The maximum Gasteiger partial charge on any atom is 0.341 e. The predicted molar refractivity (Wildman–Crippen MR) is 76.9 cm³/mol. The lowest BCUT2D eigenvalue weighted by Crippen LogP contribution is -2.12. The van der Waals surface area contributed by atoms with Crippen LogP contribution in [0.3, 0.4) is 0 Å². The van der Waals surface area contributed by atoms with Crippen LogP contribution in [0.15, 0.2) is 24.3 Å². The summed E-state index contributed by atoms with van der Waals surface area (Å²) in [6.07, 6.45) is 0. The average molecular weight is 293 g/mol. The van der Waals surface area contributed by atoms with Crippen LogP contribution in [0.5, 0.6) is 0 Å². The highest BCUT2D eigenvalue weighted by molar-refractivity contribution is 6.31. The van der Waals surface area contributed by atoms with Crippen LogP contribution < -0.4 is 11.1 Å².